The third-order valence-corrected chi connectivity index (χ3v) is 4.76. The molecule has 4 nitrogen and oxygen atoms in total. The van der Waals surface area contributed by atoms with Crippen LogP contribution in [0, 0.1) is 0 Å². The second kappa shape index (κ2) is 8.95. The highest BCUT2D eigenvalue weighted by atomic mass is 35.5. The highest BCUT2D eigenvalue weighted by Crippen LogP contribution is 2.30. The molecule has 1 aliphatic rings. The Kier molecular flexibility index (Phi) is 6.40. The fourth-order valence-electron chi connectivity index (χ4n) is 3.12. The fraction of sp³-hybridized carbons (Fsp3) is 0.381. The number of carbonyl (C=O) groups excluding carboxylic acids is 1. The zero-order valence-electron chi connectivity index (χ0n) is 15.0. The van der Waals surface area contributed by atoms with Crippen LogP contribution in [-0.4, -0.2) is 25.2 Å². The molecule has 1 atom stereocenters. The Hall–Kier alpha value is -2.20. The minimum atomic E-state index is -0.543. The number of ether oxygens (including phenoxy) is 2. The first kappa shape index (κ1) is 18.6. The van der Waals surface area contributed by atoms with Gasteiger partial charge in [0.2, 0.25) is 0 Å². The molecule has 0 saturated carbocycles. The van der Waals surface area contributed by atoms with E-state index in [1.165, 1.54) is 24.0 Å². The molecule has 138 valence electrons. The van der Waals surface area contributed by atoms with Crippen LogP contribution in [0.5, 0.6) is 11.5 Å². The van der Waals surface area contributed by atoms with E-state index in [1.54, 1.807) is 31.2 Å². The van der Waals surface area contributed by atoms with Crippen molar-refractivity contribution in [1.82, 2.24) is 5.32 Å². The monoisotopic (exact) mass is 373 g/mol. The molecule has 1 amide bonds. The fourth-order valence-corrected chi connectivity index (χ4v) is 3.24. The van der Waals surface area contributed by atoms with E-state index in [4.69, 9.17) is 21.1 Å². The number of hydrogen-bond donors (Lipinski definition) is 1. The van der Waals surface area contributed by atoms with Gasteiger partial charge in [0.25, 0.3) is 5.91 Å². The first-order valence-electron chi connectivity index (χ1n) is 9.07. The van der Waals surface area contributed by atoms with Gasteiger partial charge in [0.1, 0.15) is 18.1 Å². The molecule has 26 heavy (non-hydrogen) atoms. The van der Waals surface area contributed by atoms with Crippen LogP contribution in [0.3, 0.4) is 0 Å². The Morgan fingerprint density at radius 2 is 1.92 bits per heavy atom. The Labute approximate surface area is 159 Å². The van der Waals surface area contributed by atoms with Crippen molar-refractivity contribution in [3.8, 4) is 11.5 Å². The smallest absolute Gasteiger partial charge is 0.260 e. The molecule has 0 fully saturated rings. The van der Waals surface area contributed by atoms with E-state index in [0.717, 1.165) is 24.3 Å². The second-order valence-corrected chi connectivity index (χ2v) is 6.89. The summed E-state index contributed by atoms with van der Waals surface area (Å²) in [5.41, 5.74) is 2.60. The number of carbonyl (C=O) groups is 1. The van der Waals surface area contributed by atoms with Gasteiger partial charge in [-0.1, -0.05) is 23.7 Å². The predicted octanol–water partition coefficient (Wildman–Crippen LogP) is 4.18. The van der Waals surface area contributed by atoms with Gasteiger partial charge in [0.15, 0.2) is 6.10 Å². The number of benzene rings is 2. The Balaban J connectivity index is 1.45. The molecular formula is C21H24ClNO3. The Bertz CT molecular complexity index is 745. The van der Waals surface area contributed by atoms with Crippen LogP contribution in [0.1, 0.15) is 30.9 Å². The number of fused-ring (bicyclic) bond motifs is 1. The molecule has 0 spiro atoms. The van der Waals surface area contributed by atoms with Crippen LogP contribution in [0.4, 0.5) is 0 Å². The van der Waals surface area contributed by atoms with Crippen LogP contribution >= 0.6 is 11.6 Å². The number of aryl methyl sites for hydroxylation is 1. The lowest BCUT2D eigenvalue weighted by Crippen LogP contribution is -2.38. The van der Waals surface area contributed by atoms with Gasteiger partial charge >= 0.3 is 0 Å². The number of hydrogen-bond acceptors (Lipinski definition) is 3. The molecule has 2 aromatic carbocycles. The first-order chi connectivity index (χ1) is 12.6. The van der Waals surface area contributed by atoms with Crippen molar-refractivity contribution in [3.63, 3.8) is 0 Å². The molecule has 2 aromatic rings. The maximum absolute atomic E-state index is 12.3. The van der Waals surface area contributed by atoms with E-state index in [2.05, 4.69) is 11.4 Å². The SMILES string of the molecule is C[C@@H](Oc1cccc2c1CCCC2)C(=O)NCCOc1ccc(Cl)cc1. The summed E-state index contributed by atoms with van der Waals surface area (Å²) >= 11 is 5.83. The number of halogens is 1. The molecule has 1 N–H and O–H groups in total. The lowest BCUT2D eigenvalue weighted by molar-refractivity contribution is -0.127. The maximum Gasteiger partial charge on any atom is 0.260 e. The van der Waals surface area contributed by atoms with Gasteiger partial charge in [-0.15, -0.1) is 0 Å². The molecule has 0 saturated heterocycles. The molecule has 0 bridgehead atoms. The molecule has 0 aliphatic heterocycles. The average molecular weight is 374 g/mol. The molecule has 0 unspecified atom stereocenters. The lowest BCUT2D eigenvalue weighted by atomic mass is 9.91. The minimum Gasteiger partial charge on any atom is -0.492 e. The van der Waals surface area contributed by atoms with Crippen LogP contribution in [0.15, 0.2) is 42.5 Å². The van der Waals surface area contributed by atoms with Crippen molar-refractivity contribution in [1.29, 1.82) is 0 Å². The average Bonchev–Trinajstić information content (AvgIpc) is 2.66. The van der Waals surface area contributed by atoms with Gasteiger partial charge in [0.05, 0.1) is 6.54 Å². The molecule has 0 aromatic heterocycles. The first-order valence-corrected chi connectivity index (χ1v) is 9.45. The van der Waals surface area contributed by atoms with Crippen molar-refractivity contribution in [2.24, 2.45) is 0 Å². The van der Waals surface area contributed by atoms with Gasteiger partial charge in [-0.25, -0.2) is 0 Å². The van der Waals surface area contributed by atoms with Crippen LogP contribution in [0.2, 0.25) is 5.02 Å². The number of rotatable bonds is 7. The van der Waals surface area contributed by atoms with E-state index >= 15 is 0 Å². The molecule has 0 heterocycles. The Morgan fingerprint density at radius 1 is 1.15 bits per heavy atom. The van der Waals surface area contributed by atoms with Gasteiger partial charge in [-0.3, -0.25) is 4.79 Å². The van der Waals surface area contributed by atoms with Gasteiger partial charge in [-0.2, -0.15) is 0 Å². The van der Waals surface area contributed by atoms with Crippen LogP contribution in [0.25, 0.3) is 0 Å². The zero-order chi connectivity index (χ0) is 18.4. The summed E-state index contributed by atoms with van der Waals surface area (Å²) in [5.74, 6) is 1.42. The summed E-state index contributed by atoms with van der Waals surface area (Å²) < 4.78 is 11.5. The quantitative estimate of drug-likeness (QED) is 0.740. The minimum absolute atomic E-state index is 0.141. The van der Waals surface area contributed by atoms with E-state index in [0.29, 0.717) is 18.2 Å². The standard InChI is InChI=1S/C21H24ClNO3/c1-15(26-20-8-4-6-16-5-2-3-7-19(16)20)21(24)23-13-14-25-18-11-9-17(22)10-12-18/h4,6,8-12,15H,2-3,5,7,13-14H2,1H3,(H,23,24)/t15-/m1/s1. The number of amides is 1. The molecule has 0 radical (unpaired) electrons. The lowest BCUT2D eigenvalue weighted by Gasteiger charge is -2.22. The van der Waals surface area contributed by atoms with Crippen molar-refractivity contribution in [3.05, 3.63) is 58.6 Å². The summed E-state index contributed by atoms with van der Waals surface area (Å²) in [6.45, 7) is 2.58. The van der Waals surface area contributed by atoms with E-state index in [-0.39, 0.29) is 5.91 Å². The van der Waals surface area contributed by atoms with E-state index in [1.807, 2.05) is 12.1 Å². The molecule has 1 aliphatic carbocycles. The zero-order valence-corrected chi connectivity index (χ0v) is 15.7. The van der Waals surface area contributed by atoms with Crippen LogP contribution < -0.4 is 14.8 Å². The van der Waals surface area contributed by atoms with Crippen molar-refractivity contribution >= 4 is 17.5 Å². The highest BCUT2D eigenvalue weighted by Gasteiger charge is 2.19. The molecule has 3 rings (SSSR count). The number of nitrogens with one attached hydrogen (secondary N) is 1. The summed E-state index contributed by atoms with van der Waals surface area (Å²) in [6.07, 6.45) is 3.97. The highest BCUT2D eigenvalue weighted by molar-refractivity contribution is 6.30. The van der Waals surface area contributed by atoms with E-state index in [9.17, 15) is 4.79 Å². The predicted molar refractivity (Wildman–Crippen MR) is 103 cm³/mol. The van der Waals surface area contributed by atoms with Crippen molar-refractivity contribution in [2.75, 3.05) is 13.2 Å². The van der Waals surface area contributed by atoms with Crippen molar-refractivity contribution in [2.45, 2.75) is 38.7 Å². The van der Waals surface area contributed by atoms with Crippen molar-refractivity contribution < 1.29 is 14.3 Å². The summed E-state index contributed by atoms with van der Waals surface area (Å²) in [6, 6.07) is 13.3. The van der Waals surface area contributed by atoms with Crippen LogP contribution in [-0.2, 0) is 17.6 Å². The topological polar surface area (TPSA) is 47.6 Å². The van der Waals surface area contributed by atoms with E-state index < -0.39 is 6.10 Å². The summed E-state index contributed by atoms with van der Waals surface area (Å²) in [4.78, 5) is 12.3. The third-order valence-electron chi connectivity index (χ3n) is 4.51. The molecule has 5 heteroatoms. The summed E-state index contributed by atoms with van der Waals surface area (Å²) in [7, 11) is 0. The largest absolute Gasteiger partial charge is 0.492 e. The Morgan fingerprint density at radius 3 is 2.73 bits per heavy atom. The van der Waals surface area contributed by atoms with Gasteiger partial charge < -0.3 is 14.8 Å². The van der Waals surface area contributed by atoms with Gasteiger partial charge in [0, 0.05) is 5.02 Å². The van der Waals surface area contributed by atoms with Gasteiger partial charge in [-0.05, 0) is 74.1 Å². The third kappa shape index (κ3) is 4.92. The second-order valence-electron chi connectivity index (χ2n) is 6.45. The normalized spacial score (nSPS) is 14.2. The maximum atomic E-state index is 12.3. The molecular weight excluding hydrogens is 350 g/mol. The summed E-state index contributed by atoms with van der Waals surface area (Å²) in [5, 5.41) is 3.52.